The van der Waals surface area contributed by atoms with Crippen molar-refractivity contribution < 1.29 is 13.7 Å². The first-order valence-electron chi connectivity index (χ1n) is 9.48. The van der Waals surface area contributed by atoms with Gasteiger partial charge in [-0.25, -0.2) is 9.18 Å². The van der Waals surface area contributed by atoms with Crippen molar-refractivity contribution >= 4 is 17.4 Å². The second-order valence-electron chi connectivity index (χ2n) is 7.11. The van der Waals surface area contributed by atoms with E-state index in [0.29, 0.717) is 17.4 Å². The van der Waals surface area contributed by atoms with Crippen LogP contribution in [0.2, 0.25) is 0 Å². The summed E-state index contributed by atoms with van der Waals surface area (Å²) >= 11 is 0. The summed E-state index contributed by atoms with van der Waals surface area (Å²) in [5.74, 6) is 0.893. The molecule has 2 N–H and O–H groups in total. The Bertz CT molecular complexity index is 1020. The van der Waals surface area contributed by atoms with Crippen LogP contribution in [0.15, 0.2) is 47.0 Å². The van der Waals surface area contributed by atoms with Crippen molar-refractivity contribution in [2.45, 2.75) is 32.9 Å². The average molecular weight is 395 g/mol. The van der Waals surface area contributed by atoms with Crippen LogP contribution in [-0.4, -0.2) is 27.6 Å². The normalized spacial score (nSPS) is 14.9. The van der Waals surface area contributed by atoms with E-state index in [-0.39, 0.29) is 17.9 Å². The first-order valence-corrected chi connectivity index (χ1v) is 9.48. The molecule has 0 unspecified atom stereocenters. The number of hydrogen-bond donors (Lipinski definition) is 2. The van der Waals surface area contributed by atoms with Crippen LogP contribution in [0.3, 0.4) is 0 Å². The molecular formula is C21H22FN5O2. The van der Waals surface area contributed by atoms with E-state index in [4.69, 9.17) is 4.52 Å². The Morgan fingerprint density at radius 1 is 1.21 bits per heavy atom. The maximum absolute atomic E-state index is 13.0. The molecule has 29 heavy (non-hydrogen) atoms. The first-order chi connectivity index (χ1) is 14.0. The second-order valence-corrected chi connectivity index (χ2v) is 7.11. The number of nitrogens with zero attached hydrogens (tertiary/aromatic N) is 3. The van der Waals surface area contributed by atoms with Crippen LogP contribution < -0.4 is 10.6 Å². The topological polar surface area (TPSA) is 83.3 Å². The van der Waals surface area contributed by atoms with E-state index in [1.165, 1.54) is 24.3 Å². The fourth-order valence-corrected chi connectivity index (χ4v) is 3.54. The molecule has 0 saturated carbocycles. The molecule has 1 atom stereocenters. The summed E-state index contributed by atoms with van der Waals surface area (Å²) in [6.45, 7) is 5.40. The zero-order chi connectivity index (χ0) is 20.4. The zero-order valence-corrected chi connectivity index (χ0v) is 16.3. The minimum atomic E-state index is -0.359. The number of aromatic nitrogens is 2. The van der Waals surface area contributed by atoms with Crippen molar-refractivity contribution in [3.63, 3.8) is 0 Å². The summed E-state index contributed by atoms with van der Waals surface area (Å²) in [7, 11) is 0. The minimum Gasteiger partial charge on any atom is -0.338 e. The van der Waals surface area contributed by atoms with Gasteiger partial charge >= 0.3 is 6.03 Å². The summed E-state index contributed by atoms with van der Waals surface area (Å²) < 4.78 is 18.3. The molecule has 8 heteroatoms. The first kappa shape index (κ1) is 19.1. The van der Waals surface area contributed by atoms with Gasteiger partial charge in [0, 0.05) is 24.5 Å². The molecular weight excluding hydrogens is 373 g/mol. The molecule has 150 valence electrons. The molecule has 0 fully saturated rings. The number of nitrogens with one attached hydrogen (secondary N) is 2. The highest BCUT2D eigenvalue weighted by atomic mass is 19.1. The van der Waals surface area contributed by atoms with Crippen LogP contribution in [0.4, 0.5) is 20.6 Å². The Balaban J connectivity index is 1.45. The average Bonchev–Trinajstić information content (AvgIpc) is 3.15. The van der Waals surface area contributed by atoms with Gasteiger partial charge in [0.15, 0.2) is 5.82 Å². The number of amides is 2. The number of carbonyl (C=O) groups is 1. The van der Waals surface area contributed by atoms with Gasteiger partial charge in [-0.1, -0.05) is 17.3 Å². The number of urea groups is 1. The van der Waals surface area contributed by atoms with Crippen LogP contribution in [0.25, 0.3) is 0 Å². The summed E-state index contributed by atoms with van der Waals surface area (Å²) in [6.07, 6.45) is 0.791. The standard InChI is InChI=1S/C21H22FN5O2/c1-13(20-23-14(2)26-29-20)27-11-10-18-15(12-27)4-3-5-19(18)25-21(28)24-17-8-6-16(22)7-9-17/h3-9,13H,10-12H2,1-2H3,(H2,24,25,28)/t13-/m1/s1. The van der Waals surface area contributed by atoms with Gasteiger partial charge in [-0.05, 0) is 61.7 Å². The molecule has 2 amide bonds. The summed E-state index contributed by atoms with van der Waals surface area (Å²) in [4.78, 5) is 19.0. The van der Waals surface area contributed by atoms with Gasteiger partial charge in [-0.3, -0.25) is 4.90 Å². The van der Waals surface area contributed by atoms with Crippen molar-refractivity contribution in [1.29, 1.82) is 0 Å². The Morgan fingerprint density at radius 3 is 2.72 bits per heavy atom. The van der Waals surface area contributed by atoms with Crippen molar-refractivity contribution in [2.24, 2.45) is 0 Å². The number of hydrogen-bond acceptors (Lipinski definition) is 5. The van der Waals surface area contributed by atoms with E-state index in [2.05, 4.69) is 38.7 Å². The summed E-state index contributed by atoms with van der Waals surface area (Å²) in [6, 6.07) is 11.2. The predicted octanol–water partition coefficient (Wildman–Crippen LogP) is 4.28. The number of anilines is 2. The van der Waals surface area contributed by atoms with E-state index in [9.17, 15) is 9.18 Å². The van der Waals surface area contributed by atoms with E-state index >= 15 is 0 Å². The second kappa shape index (κ2) is 8.00. The van der Waals surface area contributed by atoms with Gasteiger partial charge in [0.2, 0.25) is 5.89 Å². The van der Waals surface area contributed by atoms with Crippen molar-refractivity contribution in [3.05, 3.63) is 71.1 Å². The third-order valence-corrected chi connectivity index (χ3v) is 5.09. The molecule has 4 rings (SSSR count). The lowest BCUT2D eigenvalue weighted by Gasteiger charge is -2.32. The molecule has 2 heterocycles. The third kappa shape index (κ3) is 4.27. The third-order valence-electron chi connectivity index (χ3n) is 5.09. The highest BCUT2D eigenvalue weighted by Crippen LogP contribution is 2.30. The maximum atomic E-state index is 13.0. The molecule has 0 aliphatic carbocycles. The maximum Gasteiger partial charge on any atom is 0.323 e. The monoisotopic (exact) mass is 395 g/mol. The number of aryl methyl sites for hydroxylation is 1. The number of benzene rings is 2. The molecule has 1 aliphatic rings. The van der Waals surface area contributed by atoms with E-state index in [1.54, 1.807) is 6.92 Å². The SMILES string of the molecule is Cc1noc([C@@H](C)N2CCc3c(cccc3NC(=O)Nc3ccc(F)cc3)C2)n1. The van der Waals surface area contributed by atoms with Crippen LogP contribution in [0.1, 0.15) is 35.8 Å². The van der Waals surface area contributed by atoms with Gasteiger partial charge in [-0.2, -0.15) is 4.98 Å². The molecule has 0 spiro atoms. The largest absolute Gasteiger partial charge is 0.338 e. The number of fused-ring (bicyclic) bond motifs is 1. The number of halogens is 1. The van der Waals surface area contributed by atoms with Crippen molar-refractivity contribution in [3.8, 4) is 0 Å². The molecule has 1 aromatic heterocycles. The zero-order valence-electron chi connectivity index (χ0n) is 16.3. The highest BCUT2D eigenvalue weighted by Gasteiger charge is 2.26. The van der Waals surface area contributed by atoms with Crippen LogP contribution in [0, 0.1) is 12.7 Å². The van der Waals surface area contributed by atoms with Crippen LogP contribution in [0.5, 0.6) is 0 Å². The van der Waals surface area contributed by atoms with Gasteiger partial charge < -0.3 is 15.2 Å². The Labute approximate surface area is 167 Å². The molecule has 3 aromatic rings. The molecule has 1 aliphatic heterocycles. The lowest BCUT2D eigenvalue weighted by Crippen LogP contribution is -2.33. The number of carbonyl (C=O) groups excluding carboxylic acids is 1. The van der Waals surface area contributed by atoms with Crippen LogP contribution in [-0.2, 0) is 13.0 Å². The predicted molar refractivity (Wildman–Crippen MR) is 107 cm³/mol. The fraction of sp³-hybridized carbons (Fsp3) is 0.286. The number of rotatable bonds is 4. The molecule has 0 saturated heterocycles. The lowest BCUT2D eigenvalue weighted by atomic mass is 9.96. The molecule has 0 radical (unpaired) electrons. The highest BCUT2D eigenvalue weighted by molar-refractivity contribution is 6.00. The van der Waals surface area contributed by atoms with E-state index < -0.39 is 0 Å². The summed E-state index contributed by atoms with van der Waals surface area (Å²) in [5, 5.41) is 9.50. The Hall–Kier alpha value is -3.26. The van der Waals surface area contributed by atoms with Crippen molar-refractivity contribution in [1.82, 2.24) is 15.0 Å². The smallest absolute Gasteiger partial charge is 0.323 e. The van der Waals surface area contributed by atoms with Gasteiger partial charge in [0.1, 0.15) is 5.82 Å². The minimum absolute atomic E-state index is 0.0164. The van der Waals surface area contributed by atoms with Gasteiger partial charge in [0.25, 0.3) is 0 Å². The molecule has 7 nitrogen and oxygen atoms in total. The Morgan fingerprint density at radius 2 is 2.00 bits per heavy atom. The Kier molecular flexibility index (Phi) is 5.26. The van der Waals surface area contributed by atoms with Gasteiger partial charge in [-0.15, -0.1) is 0 Å². The van der Waals surface area contributed by atoms with Gasteiger partial charge in [0.05, 0.1) is 6.04 Å². The van der Waals surface area contributed by atoms with Crippen LogP contribution >= 0.6 is 0 Å². The quantitative estimate of drug-likeness (QED) is 0.689. The van der Waals surface area contributed by atoms with Crippen molar-refractivity contribution in [2.75, 3.05) is 17.2 Å². The molecule has 2 aromatic carbocycles. The van der Waals surface area contributed by atoms with E-state index in [0.717, 1.165) is 36.3 Å². The summed E-state index contributed by atoms with van der Waals surface area (Å²) in [5.41, 5.74) is 3.58. The lowest BCUT2D eigenvalue weighted by molar-refractivity contribution is 0.158. The van der Waals surface area contributed by atoms with E-state index in [1.807, 2.05) is 12.1 Å². The fourth-order valence-electron chi connectivity index (χ4n) is 3.54. The molecule has 0 bridgehead atoms.